The van der Waals surface area contributed by atoms with Crippen molar-refractivity contribution in [1.29, 1.82) is 0 Å². The maximum atomic E-state index is 12.2. The van der Waals surface area contributed by atoms with Crippen molar-refractivity contribution in [2.75, 3.05) is 14.2 Å². The van der Waals surface area contributed by atoms with Crippen LogP contribution in [0.25, 0.3) is 0 Å². The van der Waals surface area contributed by atoms with Gasteiger partial charge < -0.3 is 19.9 Å². The van der Waals surface area contributed by atoms with Crippen LogP contribution in [0.1, 0.15) is 15.9 Å². The smallest absolute Gasteiger partial charge is 0.255 e. The van der Waals surface area contributed by atoms with Gasteiger partial charge in [0, 0.05) is 12.6 Å². The van der Waals surface area contributed by atoms with Gasteiger partial charge in [-0.2, -0.15) is 0 Å². The highest BCUT2D eigenvalue weighted by molar-refractivity contribution is 5.97. The van der Waals surface area contributed by atoms with E-state index in [1.54, 1.807) is 43.5 Å². The van der Waals surface area contributed by atoms with E-state index in [1.807, 2.05) is 6.07 Å². The van der Waals surface area contributed by atoms with Crippen molar-refractivity contribution in [2.24, 2.45) is 0 Å². The lowest BCUT2D eigenvalue weighted by Crippen LogP contribution is -2.23. The molecule has 0 fully saturated rings. The number of carbonyl (C=O) groups excluding carboxylic acids is 1. The van der Waals surface area contributed by atoms with Gasteiger partial charge in [-0.25, -0.2) is 0 Å². The van der Waals surface area contributed by atoms with Crippen LogP contribution in [-0.2, 0) is 6.54 Å². The summed E-state index contributed by atoms with van der Waals surface area (Å²) >= 11 is 0. The molecule has 0 aromatic heterocycles. The van der Waals surface area contributed by atoms with Gasteiger partial charge in [-0.05, 0) is 29.8 Å². The minimum Gasteiger partial charge on any atom is -0.508 e. The molecule has 0 aliphatic carbocycles. The number of hydrogen-bond acceptors (Lipinski definition) is 4. The van der Waals surface area contributed by atoms with Crippen LogP contribution in [0.5, 0.6) is 17.2 Å². The topological polar surface area (TPSA) is 67.8 Å². The standard InChI is InChI=1S/C16H17NO4/c1-20-13-6-7-14(15(9-13)21-2)16(19)17-10-11-4-3-5-12(18)8-11/h3-9,18H,10H2,1-2H3,(H,17,19). The maximum Gasteiger partial charge on any atom is 0.255 e. The van der Waals surface area contributed by atoms with Crippen molar-refractivity contribution in [3.05, 3.63) is 53.6 Å². The average molecular weight is 287 g/mol. The van der Waals surface area contributed by atoms with Gasteiger partial charge in [-0.15, -0.1) is 0 Å². The van der Waals surface area contributed by atoms with Crippen LogP contribution >= 0.6 is 0 Å². The minimum atomic E-state index is -0.252. The molecule has 2 aromatic rings. The second kappa shape index (κ2) is 6.65. The molecular weight excluding hydrogens is 270 g/mol. The molecule has 0 heterocycles. The summed E-state index contributed by atoms with van der Waals surface area (Å²) in [5, 5.41) is 12.2. The lowest BCUT2D eigenvalue weighted by molar-refractivity contribution is 0.0947. The fraction of sp³-hybridized carbons (Fsp3) is 0.188. The van der Waals surface area contributed by atoms with E-state index in [4.69, 9.17) is 9.47 Å². The molecular formula is C16H17NO4. The number of ether oxygens (including phenoxy) is 2. The molecule has 0 aliphatic rings. The van der Waals surface area contributed by atoms with Crippen LogP contribution in [0.3, 0.4) is 0 Å². The fourth-order valence-corrected chi connectivity index (χ4v) is 1.93. The van der Waals surface area contributed by atoms with Gasteiger partial charge in [0.2, 0.25) is 0 Å². The number of aromatic hydroxyl groups is 1. The van der Waals surface area contributed by atoms with Crippen LogP contribution in [-0.4, -0.2) is 25.2 Å². The molecule has 0 aliphatic heterocycles. The lowest BCUT2D eigenvalue weighted by Gasteiger charge is -2.11. The molecule has 0 spiro atoms. The first-order valence-corrected chi connectivity index (χ1v) is 6.42. The van der Waals surface area contributed by atoms with E-state index in [-0.39, 0.29) is 11.7 Å². The molecule has 2 aromatic carbocycles. The number of phenolic OH excluding ortho intramolecular Hbond substituents is 1. The van der Waals surface area contributed by atoms with Crippen molar-refractivity contribution < 1.29 is 19.4 Å². The molecule has 0 unspecified atom stereocenters. The first-order chi connectivity index (χ1) is 10.1. The number of rotatable bonds is 5. The largest absolute Gasteiger partial charge is 0.508 e. The molecule has 0 atom stereocenters. The predicted molar refractivity (Wildman–Crippen MR) is 78.8 cm³/mol. The molecule has 0 radical (unpaired) electrons. The van der Waals surface area contributed by atoms with E-state index in [9.17, 15) is 9.90 Å². The number of amides is 1. The molecule has 2 N–H and O–H groups in total. The monoisotopic (exact) mass is 287 g/mol. The third kappa shape index (κ3) is 3.66. The summed E-state index contributed by atoms with van der Waals surface area (Å²) in [7, 11) is 3.05. The highest BCUT2D eigenvalue weighted by Crippen LogP contribution is 2.24. The highest BCUT2D eigenvalue weighted by atomic mass is 16.5. The van der Waals surface area contributed by atoms with Gasteiger partial charge in [0.1, 0.15) is 17.2 Å². The SMILES string of the molecule is COc1ccc(C(=O)NCc2cccc(O)c2)c(OC)c1. The molecule has 110 valence electrons. The summed E-state index contributed by atoms with van der Waals surface area (Å²) in [5.74, 6) is 0.987. The molecule has 0 saturated heterocycles. The van der Waals surface area contributed by atoms with Gasteiger partial charge in [0.25, 0.3) is 5.91 Å². The van der Waals surface area contributed by atoms with Crippen molar-refractivity contribution >= 4 is 5.91 Å². The summed E-state index contributed by atoms with van der Waals surface area (Å²) < 4.78 is 10.3. The van der Waals surface area contributed by atoms with E-state index in [1.165, 1.54) is 7.11 Å². The number of hydrogen-bond donors (Lipinski definition) is 2. The van der Waals surface area contributed by atoms with Crippen molar-refractivity contribution in [1.82, 2.24) is 5.32 Å². The molecule has 5 nitrogen and oxygen atoms in total. The number of nitrogens with one attached hydrogen (secondary N) is 1. The van der Waals surface area contributed by atoms with Gasteiger partial charge in [0.15, 0.2) is 0 Å². The van der Waals surface area contributed by atoms with E-state index in [0.717, 1.165) is 5.56 Å². The quantitative estimate of drug-likeness (QED) is 0.885. The highest BCUT2D eigenvalue weighted by Gasteiger charge is 2.13. The van der Waals surface area contributed by atoms with Crippen LogP contribution in [0.4, 0.5) is 0 Å². The number of methoxy groups -OCH3 is 2. The van der Waals surface area contributed by atoms with Gasteiger partial charge >= 0.3 is 0 Å². The lowest BCUT2D eigenvalue weighted by atomic mass is 10.1. The Kier molecular flexibility index (Phi) is 4.66. The Hall–Kier alpha value is -2.69. The van der Waals surface area contributed by atoms with Gasteiger partial charge in [-0.3, -0.25) is 4.79 Å². The minimum absolute atomic E-state index is 0.170. The zero-order chi connectivity index (χ0) is 15.2. The first-order valence-electron chi connectivity index (χ1n) is 6.42. The van der Waals surface area contributed by atoms with E-state index in [2.05, 4.69) is 5.32 Å². The normalized spacial score (nSPS) is 10.0. The number of carbonyl (C=O) groups is 1. The van der Waals surface area contributed by atoms with Crippen LogP contribution < -0.4 is 14.8 Å². The maximum absolute atomic E-state index is 12.2. The summed E-state index contributed by atoms with van der Waals surface area (Å²) in [4.78, 5) is 12.2. The second-order valence-electron chi connectivity index (χ2n) is 4.42. The Morgan fingerprint density at radius 2 is 1.95 bits per heavy atom. The predicted octanol–water partition coefficient (Wildman–Crippen LogP) is 2.34. The Morgan fingerprint density at radius 1 is 1.14 bits per heavy atom. The van der Waals surface area contributed by atoms with Gasteiger partial charge in [-0.1, -0.05) is 12.1 Å². The molecule has 0 bridgehead atoms. The fourth-order valence-electron chi connectivity index (χ4n) is 1.93. The molecule has 1 amide bonds. The van der Waals surface area contributed by atoms with Crippen molar-refractivity contribution in [2.45, 2.75) is 6.54 Å². The third-order valence-corrected chi connectivity index (χ3v) is 3.02. The summed E-state index contributed by atoms with van der Waals surface area (Å²) in [5.41, 5.74) is 1.24. The average Bonchev–Trinajstić information content (AvgIpc) is 2.52. The molecule has 5 heteroatoms. The van der Waals surface area contributed by atoms with Crippen LogP contribution in [0.2, 0.25) is 0 Å². The Bertz CT molecular complexity index is 640. The molecule has 0 saturated carbocycles. The van der Waals surface area contributed by atoms with Crippen molar-refractivity contribution in [3.8, 4) is 17.2 Å². The van der Waals surface area contributed by atoms with Gasteiger partial charge in [0.05, 0.1) is 19.8 Å². The third-order valence-electron chi connectivity index (χ3n) is 3.02. The molecule has 21 heavy (non-hydrogen) atoms. The Labute approximate surface area is 123 Å². The summed E-state index contributed by atoms with van der Waals surface area (Å²) in [6.45, 7) is 0.322. The van der Waals surface area contributed by atoms with Crippen molar-refractivity contribution in [3.63, 3.8) is 0 Å². The number of benzene rings is 2. The van der Waals surface area contributed by atoms with E-state index in [0.29, 0.717) is 23.6 Å². The zero-order valence-corrected chi connectivity index (χ0v) is 11.9. The summed E-state index contributed by atoms with van der Waals surface area (Å²) in [6.07, 6.45) is 0. The van der Waals surface area contributed by atoms with E-state index < -0.39 is 0 Å². The Morgan fingerprint density at radius 3 is 2.62 bits per heavy atom. The molecule has 2 rings (SSSR count). The second-order valence-corrected chi connectivity index (χ2v) is 4.42. The van der Waals surface area contributed by atoms with E-state index >= 15 is 0 Å². The van der Waals surface area contributed by atoms with Crippen LogP contribution in [0, 0.1) is 0 Å². The number of phenols is 1. The summed E-state index contributed by atoms with van der Waals surface area (Å²) in [6, 6.07) is 11.7. The first kappa shape index (κ1) is 14.7. The zero-order valence-electron chi connectivity index (χ0n) is 11.9. The Balaban J connectivity index is 2.10. The van der Waals surface area contributed by atoms with Crippen LogP contribution in [0.15, 0.2) is 42.5 Å².